The van der Waals surface area contributed by atoms with Gasteiger partial charge in [0.05, 0.1) is 18.5 Å². The number of methoxy groups -OCH3 is 1. The molecule has 2 aromatic heterocycles. The monoisotopic (exact) mass is 524 g/mol. The van der Waals surface area contributed by atoms with Crippen molar-refractivity contribution in [2.24, 2.45) is 0 Å². The molecule has 4 rings (SSSR count). The highest BCUT2D eigenvalue weighted by Gasteiger charge is 2.17. The van der Waals surface area contributed by atoms with Gasteiger partial charge in [-0.05, 0) is 47.5 Å². The molecule has 0 aliphatic rings. The van der Waals surface area contributed by atoms with Crippen LogP contribution in [-0.2, 0) is 4.74 Å². The van der Waals surface area contributed by atoms with Gasteiger partial charge >= 0.3 is 11.9 Å². The van der Waals surface area contributed by atoms with E-state index in [0.29, 0.717) is 20.9 Å². The molecule has 5 N–H and O–H groups in total. The first kappa shape index (κ1) is 25.7. The molecule has 2 heterocycles. The average molecular weight is 525 g/mol. The standard InChI is InChI=1S/C12H9F2NO2S.C11H7F2NO2S/c1-17-12(16)11-9(15)5-10(18-11)6-2-3-7(13)8(14)4-6;12-6-2-1-5(3-7(6)13)9-4-8(14)10(17-9)11(15)16/h2-5H,15H2,1H3;1-4H,14H2,(H,15,16). The lowest BCUT2D eigenvalue weighted by Crippen LogP contribution is -2.00. The van der Waals surface area contributed by atoms with Crippen molar-refractivity contribution in [3.8, 4) is 20.9 Å². The van der Waals surface area contributed by atoms with E-state index >= 15 is 0 Å². The van der Waals surface area contributed by atoms with Crippen molar-refractivity contribution >= 4 is 46.0 Å². The van der Waals surface area contributed by atoms with Crippen LogP contribution in [0.2, 0.25) is 0 Å². The normalized spacial score (nSPS) is 10.4. The molecule has 12 heteroatoms. The Labute approximate surface area is 204 Å². The molecule has 0 aliphatic heterocycles. The Morgan fingerprint density at radius 3 is 1.54 bits per heavy atom. The zero-order chi connectivity index (χ0) is 25.9. The molecule has 0 amide bonds. The molecular weight excluding hydrogens is 508 g/mol. The molecule has 0 bridgehead atoms. The van der Waals surface area contributed by atoms with E-state index in [1.54, 1.807) is 0 Å². The Bertz CT molecular complexity index is 1420. The third-order valence-corrected chi connectivity index (χ3v) is 6.86. The van der Waals surface area contributed by atoms with E-state index in [2.05, 4.69) is 4.74 Å². The number of nitrogens with two attached hydrogens (primary N) is 2. The van der Waals surface area contributed by atoms with Crippen LogP contribution in [0.5, 0.6) is 0 Å². The van der Waals surface area contributed by atoms with Crippen molar-refractivity contribution in [1.29, 1.82) is 0 Å². The number of ether oxygens (including phenoxy) is 1. The smallest absolute Gasteiger partial charge is 0.350 e. The highest BCUT2D eigenvalue weighted by molar-refractivity contribution is 7.18. The molecule has 4 aromatic rings. The lowest BCUT2D eigenvalue weighted by atomic mass is 10.2. The number of nitrogen functional groups attached to an aromatic ring is 2. The van der Waals surface area contributed by atoms with Crippen LogP contribution in [0.25, 0.3) is 20.9 Å². The number of hydrogen-bond donors (Lipinski definition) is 3. The van der Waals surface area contributed by atoms with Crippen LogP contribution >= 0.6 is 22.7 Å². The summed E-state index contributed by atoms with van der Waals surface area (Å²) in [5.74, 6) is -5.48. The van der Waals surface area contributed by atoms with E-state index in [1.165, 1.54) is 31.4 Å². The first-order valence-corrected chi connectivity index (χ1v) is 11.2. The summed E-state index contributed by atoms with van der Waals surface area (Å²) in [4.78, 5) is 23.5. The predicted molar refractivity (Wildman–Crippen MR) is 126 cm³/mol. The molecule has 182 valence electrons. The number of carboxylic acid groups (broad SMARTS) is 1. The molecular formula is C23H16F4N2O4S2. The molecule has 2 aromatic carbocycles. The predicted octanol–water partition coefficient (Wildman–Crippen LogP) is 6.04. The van der Waals surface area contributed by atoms with Gasteiger partial charge in [-0.25, -0.2) is 27.2 Å². The summed E-state index contributed by atoms with van der Waals surface area (Å²) in [6, 6.07) is 9.83. The molecule has 0 saturated carbocycles. The van der Waals surface area contributed by atoms with Crippen molar-refractivity contribution in [3.63, 3.8) is 0 Å². The van der Waals surface area contributed by atoms with Crippen LogP contribution in [0.4, 0.5) is 28.9 Å². The fourth-order valence-corrected chi connectivity index (χ4v) is 4.72. The Morgan fingerprint density at radius 2 is 1.17 bits per heavy atom. The zero-order valence-corrected chi connectivity index (χ0v) is 19.4. The van der Waals surface area contributed by atoms with Crippen LogP contribution < -0.4 is 11.5 Å². The molecule has 0 fully saturated rings. The van der Waals surface area contributed by atoms with E-state index in [0.717, 1.165) is 46.9 Å². The second-order valence-electron chi connectivity index (χ2n) is 6.84. The van der Waals surface area contributed by atoms with E-state index in [-0.39, 0.29) is 21.1 Å². The minimum Gasteiger partial charge on any atom is -0.477 e. The number of carbonyl (C=O) groups is 2. The number of hydrogen-bond acceptors (Lipinski definition) is 7. The lowest BCUT2D eigenvalue weighted by molar-refractivity contribution is 0.0606. The van der Waals surface area contributed by atoms with Gasteiger partial charge in [0.15, 0.2) is 23.3 Å². The number of carbonyl (C=O) groups excluding carboxylic acids is 1. The first-order valence-electron chi connectivity index (χ1n) is 9.52. The molecule has 0 aliphatic carbocycles. The molecule has 6 nitrogen and oxygen atoms in total. The maximum atomic E-state index is 13.1. The largest absolute Gasteiger partial charge is 0.477 e. The SMILES string of the molecule is COC(=O)c1sc(-c2ccc(F)c(F)c2)cc1N.Nc1cc(-c2ccc(F)c(F)c2)sc1C(=O)O. The minimum atomic E-state index is -1.14. The Kier molecular flexibility index (Phi) is 7.77. The second kappa shape index (κ2) is 10.6. The molecule has 0 radical (unpaired) electrons. The lowest BCUT2D eigenvalue weighted by Gasteiger charge is -1.98. The van der Waals surface area contributed by atoms with Crippen molar-refractivity contribution in [3.05, 3.63) is 81.6 Å². The minimum absolute atomic E-state index is 0.00951. The molecule has 35 heavy (non-hydrogen) atoms. The summed E-state index contributed by atoms with van der Waals surface area (Å²) >= 11 is 1.99. The van der Waals surface area contributed by atoms with E-state index in [1.807, 2.05) is 0 Å². The van der Waals surface area contributed by atoms with Crippen molar-refractivity contribution in [2.45, 2.75) is 0 Å². The van der Waals surface area contributed by atoms with Gasteiger partial charge in [0, 0.05) is 9.75 Å². The van der Waals surface area contributed by atoms with Crippen LogP contribution in [-0.4, -0.2) is 24.2 Å². The van der Waals surface area contributed by atoms with Gasteiger partial charge in [0.1, 0.15) is 9.75 Å². The number of rotatable bonds is 4. The summed E-state index contributed by atoms with van der Waals surface area (Å²) < 4.78 is 56.2. The average Bonchev–Trinajstić information content (AvgIpc) is 3.40. The van der Waals surface area contributed by atoms with E-state index in [9.17, 15) is 27.2 Å². The molecule has 0 saturated heterocycles. The fourth-order valence-electron chi connectivity index (χ4n) is 2.81. The number of halogens is 4. The third-order valence-electron chi connectivity index (χ3n) is 4.49. The third kappa shape index (κ3) is 5.78. The maximum Gasteiger partial charge on any atom is 0.350 e. The Balaban J connectivity index is 0.000000196. The van der Waals surface area contributed by atoms with Crippen molar-refractivity contribution in [2.75, 3.05) is 18.6 Å². The van der Waals surface area contributed by atoms with Crippen LogP contribution in [0.15, 0.2) is 48.5 Å². The number of aromatic carboxylic acids is 1. The highest BCUT2D eigenvalue weighted by atomic mass is 32.1. The topological polar surface area (TPSA) is 116 Å². The molecule has 0 unspecified atom stereocenters. The summed E-state index contributed by atoms with van der Waals surface area (Å²) in [7, 11) is 1.25. The number of benzene rings is 2. The van der Waals surface area contributed by atoms with Crippen LogP contribution in [0.3, 0.4) is 0 Å². The summed E-state index contributed by atoms with van der Waals surface area (Å²) in [5.41, 5.74) is 12.4. The van der Waals surface area contributed by atoms with Gasteiger partial charge in [-0.15, -0.1) is 22.7 Å². The summed E-state index contributed by atoms with van der Waals surface area (Å²) in [6.45, 7) is 0. The Hall–Kier alpha value is -3.90. The van der Waals surface area contributed by atoms with E-state index in [4.69, 9.17) is 16.6 Å². The van der Waals surface area contributed by atoms with E-state index < -0.39 is 35.2 Å². The number of carboxylic acids is 1. The molecule has 0 spiro atoms. The number of thiophene rings is 2. The molecule has 0 atom stereocenters. The van der Waals surface area contributed by atoms with Crippen LogP contribution in [0, 0.1) is 23.3 Å². The van der Waals surface area contributed by atoms with Gasteiger partial charge in [0.2, 0.25) is 0 Å². The van der Waals surface area contributed by atoms with Gasteiger partial charge in [0.25, 0.3) is 0 Å². The van der Waals surface area contributed by atoms with Crippen molar-refractivity contribution < 1.29 is 37.0 Å². The van der Waals surface area contributed by atoms with Gasteiger partial charge in [-0.1, -0.05) is 12.1 Å². The van der Waals surface area contributed by atoms with Crippen LogP contribution in [0.1, 0.15) is 19.3 Å². The first-order chi connectivity index (χ1) is 16.5. The highest BCUT2D eigenvalue weighted by Crippen LogP contribution is 2.35. The Morgan fingerprint density at radius 1 is 0.743 bits per heavy atom. The van der Waals surface area contributed by atoms with Crippen molar-refractivity contribution in [1.82, 2.24) is 0 Å². The van der Waals surface area contributed by atoms with Gasteiger partial charge < -0.3 is 21.3 Å². The number of anilines is 2. The summed E-state index contributed by atoms with van der Waals surface area (Å²) in [5, 5.41) is 8.82. The second-order valence-corrected chi connectivity index (χ2v) is 8.95. The van der Waals surface area contributed by atoms with Gasteiger partial charge in [-0.2, -0.15) is 0 Å². The van der Waals surface area contributed by atoms with Gasteiger partial charge in [-0.3, -0.25) is 0 Å². The number of esters is 1. The fraction of sp³-hybridized carbons (Fsp3) is 0.0435. The quantitative estimate of drug-likeness (QED) is 0.222. The summed E-state index contributed by atoms with van der Waals surface area (Å²) in [6.07, 6.45) is 0. The maximum absolute atomic E-state index is 13.1. The zero-order valence-electron chi connectivity index (χ0n) is 17.8.